The molecule has 1 unspecified atom stereocenters. The Morgan fingerprint density at radius 2 is 2.00 bits per heavy atom. The van der Waals surface area contributed by atoms with Crippen LogP contribution in [0.4, 0.5) is 13.2 Å². The summed E-state index contributed by atoms with van der Waals surface area (Å²) in [7, 11) is 0. The van der Waals surface area contributed by atoms with Crippen LogP contribution in [0.1, 0.15) is 6.42 Å². The highest BCUT2D eigenvalue weighted by Gasteiger charge is 2.47. The number of carboxylic acid groups (broad SMARTS) is 1. The number of carbonyl (C=O) groups excluding carboxylic acids is 1. The Labute approximate surface area is 82.4 Å². The van der Waals surface area contributed by atoms with Crippen LogP contribution in [0.15, 0.2) is 0 Å². The molecule has 1 fully saturated rings. The third-order valence-corrected chi connectivity index (χ3v) is 1.93. The third kappa shape index (κ3) is 2.58. The number of alkyl halides is 3. The summed E-state index contributed by atoms with van der Waals surface area (Å²) in [4.78, 5) is 21.5. The minimum absolute atomic E-state index is 0.0264. The molecule has 15 heavy (non-hydrogen) atoms. The van der Waals surface area contributed by atoms with E-state index in [9.17, 15) is 22.8 Å². The number of amides is 1. The molecule has 1 heterocycles. The van der Waals surface area contributed by atoms with Crippen molar-refractivity contribution in [2.45, 2.75) is 18.6 Å². The number of aliphatic carboxylic acids is 1. The molecule has 0 bridgehead atoms. The van der Waals surface area contributed by atoms with Crippen molar-refractivity contribution in [1.29, 1.82) is 0 Å². The van der Waals surface area contributed by atoms with E-state index in [4.69, 9.17) is 5.11 Å². The van der Waals surface area contributed by atoms with Crippen molar-refractivity contribution < 1.29 is 32.6 Å². The molecule has 0 saturated carbocycles. The van der Waals surface area contributed by atoms with Gasteiger partial charge in [0.25, 0.3) is 0 Å². The van der Waals surface area contributed by atoms with Crippen LogP contribution in [0.5, 0.6) is 0 Å². The Bertz CT molecular complexity index is 278. The van der Waals surface area contributed by atoms with Gasteiger partial charge >= 0.3 is 18.1 Å². The number of carboxylic acids is 1. The van der Waals surface area contributed by atoms with E-state index >= 15 is 0 Å². The zero-order chi connectivity index (χ0) is 11.6. The average Bonchev–Trinajstić information content (AvgIpc) is 2.15. The van der Waals surface area contributed by atoms with Crippen molar-refractivity contribution in [2.75, 3.05) is 13.3 Å². The number of ether oxygens (including phenoxy) is 1. The van der Waals surface area contributed by atoms with Crippen molar-refractivity contribution in [2.24, 2.45) is 0 Å². The van der Waals surface area contributed by atoms with E-state index < -0.39 is 30.8 Å². The van der Waals surface area contributed by atoms with Crippen molar-refractivity contribution in [3.05, 3.63) is 0 Å². The van der Waals surface area contributed by atoms with Crippen LogP contribution in [0.25, 0.3) is 0 Å². The molecular formula is C7H8F3NO4. The molecule has 1 atom stereocenters. The summed E-state index contributed by atoms with van der Waals surface area (Å²) in [5, 5.41) is 8.61. The predicted molar refractivity (Wildman–Crippen MR) is 39.8 cm³/mol. The maximum atomic E-state index is 12.0. The van der Waals surface area contributed by atoms with E-state index in [0.29, 0.717) is 0 Å². The molecule has 1 rings (SSSR count). The fourth-order valence-electron chi connectivity index (χ4n) is 1.22. The normalized spacial score (nSPS) is 22.6. The number of hydrogen-bond acceptors (Lipinski definition) is 3. The highest BCUT2D eigenvalue weighted by atomic mass is 19.4. The molecule has 0 aromatic rings. The minimum atomic E-state index is -5.08. The van der Waals surface area contributed by atoms with Crippen LogP contribution in [-0.2, 0) is 14.3 Å². The molecule has 1 saturated heterocycles. The maximum Gasteiger partial charge on any atom is 0.471 e. The Kier molecular flexibility index (Phi) is 3.18. The first-order valence-electron chi connectivity index (χ1n) is 4.02. The molecule has 1 amide bonds. The lowest BCUT2D eigenvalue weighted by Crippen LogP contribution is -2.54. The average molecular weight is 227 g/mol. The lowest BCUT2D eigenvalue weighted by Gasteiger charge is -2.32. The summed E-state index contributed by atoms with van der Waals surface area (Å²) >= 11 is 0. The predicted octanol–water partition coefficient (Wildman–Crippen LogP) is 0.208. The van der Waals surface area contributed by atoms with Gasteiger partial charge in [0, 0.05) is 6.42 Å². The molecule has 1 aliphatic rings. The second-order valence-corrected chi connectivity index (χ2v) is 2.95. The van der Waals surface area contributed by atoms with Gasteiger partial charge in [-0.3, -0.25) is 9.69 Å². The fraction of sp³-hybridized carbons (Fsp3) is 0.714. The van der Waals surface area contributed by atoms with Gasteiger partial charge in [-0.15, -0.1) is 0 Å². The molecule has 0 radical (unpaired) electrons. The summed E-state index contributed by atoms with van der Waals surface area (Å²) in [5.74, 6) is -3.65. The Hall–Kier alpha value is -1.31. The number of halogens is 3. The van der Waals surface area contributed by atoms with E-state index in [2.05, 4.69) is 4.74 Å². The van der Waals surface area contributed by atoms with Crippen molar-refractivity contribution in [3.8, 4) is 0 Å². The Balaban J connectivity index is 2.81. The number of nitrogens with zero attached hydrogens (tertiary/aromatic N) is 1. The molecule has 1 N–H and O–H groups in total. The monoisotopic (exact) mass is 227 g/mol. The molecule has 0 spiro atoms. The number of carbonyl (C=O) groups is 2. The lowest BCUT2D eigenvalue weighted by molar-refractivity contribution is -0.200. The van der Waals surface area contributed by atoms with E-state index in [1.807, 2.05) is 0 Å². The van der Waals surface area contributed by atoms with Gasteiger partial charge in [-0.25, -0.2) is 4.79 Å². The zero-order valence-electron chi connectivity index (χ0n) is 7.45. The smallest absolute Gasteiger partial charge is 0.471 e. The molecule has 86 valence electrons. The van der Waals surface area contributed by atoms with Gasteiger partial charge in [-0.1, -0.05) is 0 Å². The van der Waals surface area contributed by atoms with Crippen LogP contribution in [-0.4, -0.2) is 47.4 Å². The van der Waals surface area contributed by atoms with E-state index in [0.717, 1.165) is 0 Å². The summed E-state index contributed by atoms with van der Waals surface area (Å²) in [6, 6.07) is -1.46. The van der Waals surface area contributed by atoms with Gasteiger partial charge < -0.3 is 9.84 Å². The molecule has 8 heteroatoms. The van der Waals surface area contributed by atoms with Crippen LogP contribution >= 0.6 is 0 Å². The quantitative estimate of drug-likeness (QED) is 0.695. The van der Waals surface area contributed by atoms with Crippen molar-refractivity contribution >= 4 is 11.9 Å². The van der Waals surface area contributed by atoms with E-state index in [-0.39, 0.29) is 17.9 Å². The first-order valence-corrected chi connectivity index (χ1v) is 4.02. The highest BCUT2D eigenvalue weighted by molar-refractivity contribution is 5.87. The van der Waals surface area contributed by atoms with Gasteiger partial charge in [0.05, 0.1) is 6.61 Å². The van der Waals surface area contributed by atoms with Gasteiger partial charge in [0.1, 0.15) is 12.8 Å². The van der Waals surface area contributed by atoms with Gasteiger partial charge in [0.2, 0.25) is 0 Å². The summed E-state index contributed by atoms with van der Waals surface area (Å²) in [5.41, 5.74) is 0. The van der Waals surface area contributed by atoms with Crippen LogP contribution in [0.2, 0.25) is 0 Å². The van der Waals surface area contributed by atoms with Gasteiger partial charge in [-0.2, -0.15) is 13.2 Å². The molecule has 1 aliphatic heterocycles. The highest BCUT2D eigenvalue weighted by Crippen LogP contribution is 2.22. The summed E-state index contributed by atoms with van der Waals surface area (Å²) in [6.45, 7) is -0.617. The van der Waals surface area contributed by atoms with Crippen LogP contribution in [0.3, 0.4) is 0 Å². The number of rotatable bonds is 1. The molecule has 5 nitrogen and oxygen atoms in total. The second kappa shape index (κ2) is 4.05. The number of hydrogen-bond donors (Lipinski definition) is 1. The van der Waals surface area contributed by atoms with E-state index in [1.165, 1.54) is 0 Å². The largest absolute Gasteiger partial charge is 0.480 e. The topological polar surface area (TPSA) is 66.8 Å². The maximum absolute atomic E-state index is 12.0. The SMILES string of the molecule is O=C(O)C1CCOCN1C(=O)C(F)(F)F. The summed E-state index contributed by atoms with van der Waals surface area (Å²) in [6.07, 6.45) is -5.22. The summed E-state index contributed by atoms with van der Waals surface area (Å²) < 4.78 is 40.7. The second-order valence-electron chi connectivity index (χ2n) is 2.95. The van der Waals surface area contributed by atoms with Crippen molar-refractivity contribution in [3.63, 3.8) is 0 Å². The zero-order valence-corrected chi connectivity index (χ0v) is 7.45. The van der Waals surface area contributed by atoms with Crippen LogP contribution in [0, 0.1) is 0 Å². The molecule has 0 aromatic carbocycles. The molecule has 0 aromatic heterocycles. The van der Waals surface area contributed by atoms with E-state index in [1.54, 1.807) is 0 Å². The van der Waals surface area contributed by atoms with Crippen LogP contribution < -0.4 is 0 Å². The molecular weight excluding hydrogens is 219 g/mol. The first kappa shape index (κ1) is 11.8. The minimum Gasteiger partial charge on any atom is -0.480 e. The third-order valence-electron chi connectivity index (χ3n) is 1.93. The van der Waals surface area contributed by atoms with Gasteiger partial charge in [0.15, 0.2) is 0 Å². The Morgan fingerprint density at radius 1 is 1.40 bits per heavy atom. The fourth-order valence-corrected chi connectivity index (χ4v) is 1.22. The molecule has 0 aliphatic carbocycles. The van der Waals surface area contributed by atoms with Gasteiger partial charge in [-0.05, 0) is 0 Å². The Morgan fingerprint density at radius 3 is 2.47 bits per heavy atom. The van der Waals surface area contributed by atoms with Crippen molar-refractivity contribution in [1.82, 2.24) is 4.90 Å². The standard InChI is InChI=1S/C7H8F3NO4/c8-7(9,10)6(14)11-3-15-2-1-4(11)5(12)13/h4H,1-3H2,(H,12,13). The first-order chi connectivity index (χ1) is 6.84. The lowest BCUT2D eigenvalue weighted by atomic mass is 10.1.